The molecule has 0 spiro atoms. The summed E-state index contributed by atoms with van der Waals surface area (Å²) in [6.07, 6.45) is 0.472. The molecule has 1 aromatic heterocycles. The Morgan fingerprint density at radius 2 is 1.83 bits per heavy atom. The van der Waals surface area contributed by atoms with Crippen LogP contribution in [0.3, 0.4) is 0 Å². The van der Waals surface area contributed by atoms with E-state index in [2.05, 4.69) is 11.1 Å². The fraction of sp³-hybridized carbons (Fsp3) is 0.214. The van der Waals surface area contributed by atoms with Gasteiger partial charge in [-0.2, -0.15) is 0 Å². The molecule has 2 aliphatic heterocycles. The van der Waals surface area contributed by atoms with Gasteiger partial charge in [0.2, 0.25) is 11.8 Å². The number of aromatic amines is 1. The predicted octanol–water partition coefficient (Wildman–Crippen LogP) is 4.72. The first-order chi connectivity index (χ1) is 17.0. The van der Waals surface area contributed by atoms with Crippen molar-refractivity contribution in [2.75, 3.05) is 13.7 Å². The molecule has 35 heavy (non-hydrogen) atoms. The molecule has 4 aromatic rings. The fourth-order valence-electron chi connectivity index (χ4n) is 5.43. The number of methoxy groups -OCH3 is 1. The average Bonchev–Trinajstić information content (AvgIpc) is 3.24. The number of amides is 2. The van der Waals surface area contributed by atoms with Crippen molar-refractivity contribution in [3.05, 3.63) is 100 Å². The Labute approximate surface area is 208 Å². The van der Waals surface area contributed by atoms with Crippen LogP contribution in [0.4, 0.5) is 0 Å². The van der Waals surface area contributed by atoms with E-state index in [-0.39, 0.29) is 18.4 Å². The maximum Gasteiger partial charge on any atom is 0.246 e. The van der Waals surface area contributed by atoms with Gasteiger partial charge in [0, 0.05) is 34.6 Å². The molecule has 176 valence electrons. The molecule has 6 rings (SSSR count). The van der Waals surface area contributed by atoms with Crippen LogP contribution in [0.15, 0.2) is 72.8 Å². The number of carbonyl (C=O) groups is 2. The van der Waals surface area contributed by atoms with Crippen LogP contribution in [0.1, 0.15) is 28.4 Å². The SMILES string of the molecule is COc1ccc(CN2CC(=O)N3[C@H](c4cccc(Cl)c4)c4[nH]c5ccccc5c4C[C@H]3C2=O)cc1. The Kier molecular flexibility index (Phi) is 5.26. The van der Waals surface area contributed by atoms with Gasteiger partial charge in [0.05, 0.1) is 13.2 Å². The van der Waals surface area contributed by atoms with E-state index in [1.165, 1.54) is 0 Å². The molecular formula is C28H24ClN3O3. The lowest BCUT2D eigenvalue weighted by molar-refractivity contribution is -0.159. The summed E-state index contributed by atoms with van der Waals surface area (Å²) in [5.74, 6) is 0.644. The molecule has 2 atom stereocenters. The summed E-state index contributed by atoms with van der Waals surface area (Å²) in [4.78, 5) is 34.4. The van der Waals surface area contributed by atoms with E-state index in [4.69, 9.17) is 16.3 Å². The highest BCUT2D eigenvalue weighted by Crippen LogP contribution is 2.43. The number of H-pyrrole nitrogens is 1. The first-order valence-electron chi connectivity index (χ1n) is 11.6. The van der Waals surface area contributed by atoms with Crippen LogP contribution in [0.2, 0.25) is 5.02 Å². The normalized spacial score (nSPS) is 19.6. The van der Waals surface area contributed by atoms with E-state index in [9.17, 15) is 9.59 Å². The summed E-state index contributed by atoms with van der Waals surface area (Å²) < 4.78 is 5.24. The number of halogens is 1. The molecule has 0 saturated carbocycles. The third-order valence-corrected chi connectivity index (χ3v) is 7.27. The number of hydrogen-bond acceptors (Lipinski definition) is 3. The molecule has 2 amide bonds. The second-order valence-corrected chi connectivity index (χ2v) is 9.52. The predicted molar refractivity (Wildman–Crippen MR) is 134 cm³/mol. The van der Waals surface area contributed by atoms with E-state index < -0.39 is 12.1 Å². The lowest BCUT2D eigenvalue weighted by atomic mass is 9.86. The number of nitrogens with zero attached hydrogens (tertiary/aromatic N) is 2. The van der Waals surface area contributed by atoms with Crippen LogP contribution < -0.4 is 4.74 Å². The van der Waals surface area contributed by atoms with Gasteiger partial charge in [-0.25, -0.2) is 0 Å². The van der Waals surface area contributed by atoms with Crippen LogP contribution in [0.25, 0.3) is 10.9 Å². The highest BCUT2D eigenvalue weighted by molar-refractivity contribution is 6.30. The summed E-state index contributed by atoms with van der Waals surface area (Å²) >= 11 is 6.35. The zero-order valence-corrected chi connectivity index (χ0v) is 20.0. The summed E-state index contributed by atoms with van der Waals surface area (Å²) in [7, 11) is 1.62. The first kappa shape index (κ1) is 21.7. The molecule has 6 nitrogen and oxygen atoms in total. The van der Waals surface area contributed by atoms with Gasteiger partial charge in [-0.05, 0) is 47.0 Å². The Balaban J connectivity index is 1.42. The molecule has 1 N–H and O–H groups in total. The zero-order chi connectivity index (χ0) is 24.1. The number of para-hydroxylation sites is 1. The summed E-state index contributed by atoms with van der Waals surface area (Å²) in [5.41, 5.74) is 4.88. The van der Waals surface area contributed by atoms with Crippen molar-refractivity contribution in [1.29, 1.82) is 0 Å². The van der Waals surface area contributed by atoms with Gasteiger partial charge in [-0.1, -0.05) is 54.1 Å². The quantitative estimate of drug-likeness (QED) is 0.455. The Morgan fingerprint density at radius 3 is 2.60 bits per heavy atom. The van der Waals surface area contributed by atoms with Crippen molar-refractivity contribution < 1.29 is 14.3 Å². The lowest BCUT2D eigenvalue weighted by Crippen LogP contribution is -2.62. The smallest absolute Gasteiger partial charge is 0.246 e. The molecule has 3 aromatic carbocycles. The van der Waals surface area contributed by atoms with Gasteiger partial charge in [-0.3, -0.25) is 9.59 Å². The molecule has 0 radical (unpaired) electrons. The van der Waals surface area contributed by atoms with Gasteiger partial charge in [0.25, 0.3) is 0 Å². The first-order valence-corrected chi connectivity index (χ1v) is 12.0. The van der Waals surface area contributed by atoms with E-state index >= 15 is 0 Å². The van der Waals surface area contributed by atoms with Crippen LogP contribution in [0.5, 0.6) is 5.75 Å². The molecule has 3 heterocycles. The Hall–Kier alpha value is -3.77. The minimum Gasteiger partial charge on any atom is -0.497 e. The number of rotatable bonds is 4. The molecule has 0 unspecified atom stereocenters. The second kappa shape index (κ2) is 8.47. The van der Waals surface area contributed by atoms with E-state index in [0.717, 1.165) is 39.0 Å². The minimum absolute atomic E-state index is 0.0357. The summed E-state index contributed by atoms with van der Waals surface area (Å²) in [5, 5.41) is 1.68. The van der Waals surface area contributed by atoms with Gasteiger partial charge in [-0.15, -0.1) is 0 Å². The third-order valence-electron chi connectivity index (χ3n) is 7.04. The van der Waals surface area contributed by atoms with Gasteiger partial charge in [0.15, 0.2) is 0 Å². The maximum atomic E-state index is 13.8. The molecule has 2 aliphatic rings. The van der Waals surface area contributed by atoms with E-state index in [1.54, 1.807) is 16.9 Å². The highest BCUT2D eigenvalue weighted by Gasteiger charge is 2.48. The molecule has 0 aliphatic carbocycles. The largest absolute Gasteiger partial charge is 0.497 e. The average molecular weight is 486 g/mol. The van der Waals surface area contributed by atoms with Crippen molar-refractivity contribution in [2.24, 2.45) is 0 Å². The number of nitrogens with one attached hydrogen (secondary N) is 1. The van der Waals surface area contributed by atoms with Crippen LogP contribution in [-0.2, 0) is 22.6 Å². The van der Waals surface area contributed by atoms with E-state index in [1.807, 2.05) is 66.7 Å². The maximum absolute atomic E-state index is 13.8. The highest BCUT2D eigenvalue weighted by atomic mass is 35.5. The number of benzene rings is 3. The molecular weight excluding hydrogens is 462 g/mol. The number of ether oxygens (including phenoxy) is 1. The lowest BCUT2D eigenvalue weighted by Gasteiger charge is -2.47. The van der Waals surface area contributed by atoms with Crippen LogP contribution in [-0.4, -0.2) is 46.3 Å². The summed E-state index contributed by atoms with van der Waals surface area (Å²) in [6, 6.07) is 22.2. The fourth-order valence-corrected chi connectivity index (χ4v) is 5.63. The van der Waals surface area contributed by atoms with Crippen molar-refractivity contribution in [3.8, 4) is 5.75 Å². The van der Waals surface area contributed by atoms with Crippen molar-refractivity contribution in [3.63, 3.8) is 0 Å². The second-order valence-electron chi connectivity index (χ2n) is 9.08. The Bertz CT molecular complexity index is 1450. The topological polar surface area (TPSA) is 65.6 Å². The van der Waals surface area contributed by atoms with Crippen LogP contribution >= 0.6 is 11.6 Å². The zero-order valence-electron chi connectivity index (χ0n) is 19.2. The number of fused-ring (bicyclic) bond motifs is 4. The molecule has 1 saturated heterocycles. The molecule has 1 fully saturated rings. The number of aromatic nitrogens is 1. The molecule has 7 heteroatoms. The minimum atomic E-state index is -0.579. The van der Waals surface area contributed by atoms with Crippen molar-refractivity contribution >= 4 is 34.3 Å². The monoisotopic (exact) mass is 485 g/mol. The van der Waals surface area contributed by atoms with E-state index in [0.29, 0.717) is 18.0 Å². The van der Waals surface area contributed by atoms with Gasteiger partial charge in [0.1, 0.15) is 18.3 Å². The van der Waals surface area contributed by atoms with Crippen molar-refractivity contribution in [2.45, 2.75) is 25.0 Å². The number of piperazine rings is 1. The Morgan fingerprint density at radius 1 is 1.03 bits per heavy atom. The number of hydrogen-bond donors (Lipinski definition) is 1. The van der Waals surface area contributed by atoms with Gasteiger partial charge < -0.3 is 19.5 Å². The van der Waals surface area contributed by atoms with Crippen molar-refractivity contribution in [1.82, 2.24) is 14.8 Å². The molecule has 0 bridgehead atoms. The van der Waals surface area contributed by atoms with Crippen LogP contribution in [0, 0.1) is 0 Å². The standard InChI is InChI=1S/C28H24ClN3O3/c1-35-20-11-9-17(10-12-20)15-31-16-25(33)32-24(28(31)34)14-22-21-7-2-3-8-23(21)30-26(22)27(32)18-5-4-6-19(29)13-18/h2-13,24,27,30H,14-16H2,1H3/t24-,27+/m0/s1. The number of carbonyl (C=O) groups excluding carboxylic acids is 2. The third kappa shape index (κ3) is 3.65. The van der Waals surface area contributed by atoms with Gasteiger partial charge >= 0.3 is 0 Å². The summed E-state index contributed by atoms with van der Waals surface area (Å²) in [6.45, 7) is 0.412.